The Hall–Kier alpha value is -2.50. The van der Waals surface area contributed by atoms with Gasteiger partial charge in [-0.05, 0) is 18.1 Å². The van der Waals surface area contributed by atoms with Crippen molar-refractivity contribution >= 4 is 23.5 Å². The van der Waals surface area contributed by atoms with Crippen LogP contribution in [0, 0.1) is 10.1 Å². The topological polar surface area (TPSA) is 86.5 Å². The molecule has 0 aliphatic heterocycles. The number of nitrogens with zero attached hydrogens (tertiary/aromatic N) is 1. The summed E-state index contributed by atoms with van der Waals surface area (Å²) in [6, 6.07) is 5.95. The summed E-state index contributed by atoms with van der Waals surface area (Å²) in [6.07, 6.45) is 17.3. The smallest absolute Gasteiger partial charge is 0.313 e. The van der Waals surface area contributed by atoms with Crippen LogP contribution in [0.4, 0.5) is 5.69 Å². The van der Waals surface area contributed by atoms with E-state index in [1.54, 1.807) is 12.1 Å². The molecule has 0 atom stereocenters. The van der Waals surface area contributed by atoms with Crippen molar-refractivity contribution in [2.24, 2.45) is 0 Å². The molecule has 1 aromatic rings. The molecule has 31 heavy (non-hydrogen) atoms. The highest BCUT2D eigenvalue weighted by Gasteiger charge is 2.09. The maximum absolute atomic E-state index is 11.9. The number of ether oxygens (including phenoxy) is 1. The van der Waals surface area contributed by atoms with E-state index in [9.17, 15) is 19.7 Å². The molecule has 0 spiro atoms. The van der Waals surface area contributed by atoms with Crippen molar-refractivity contribution in [2.75, 3.05) is 6.61 Å². The molecular formula is C25H37NO5. The summed E-state index contributed by atoms with van der Waals surface area (Å²) in [7, 11) is 0. The third kappa shape index (κ3) is 14.2. The molecule has 0 heterocycles. The van der Waals surface area contributed by atoms with E-state index in [1.165, 1.54) is 82.1 Å². The molecule has 172 valence electrons. The van der Waals surface area contributed by atoms with Crippen LogP contribution < -0.4 is 0 Å². The molecule has 0 aromatic heterocycles. The SMILES string of the molecule is CCCCCCCCCCCCCCOC(=O)CC(=O)C=Cc1cccc([N+](=O)[O-])c1. The molecular weight excluding hydrogens is 394 g/mol. The van der Waals surface area contributed by atoms with Crippen molar-refractivity contribution in [3.8, 4) is 0 Å². The van der Waals surface area contributed by atoms with Crippen LogP contribution in [0.25, 0.3) is 6.08 Å². The fraction of sp³-hybridized carbons (Fsp3) is 0.600. The molecule has 1 rings (SSSR count). The van der Waals surface area contributed by atoms with Crippen LogP contribution in [-0.2, 0) is 14.3 Å². The Morgan fingerprint density at radius 3 is 2.10 bits per heavy atom. The monoisotopic (exact) mass is 431 g/mol. The Bertz CT molecular complexity index is 699. The third-order valence-corrected chi connectivity index (χ3v) is 5.12. The maximum atomic E-state index is 11.9. The minimum atomic E-state index is -0.531. The molecule has 6 nitrogen and oxygen atoms in total. The van der Waals surface area contributed by atoms with E-state index in [2.05, 4.69) is 6.92 Å². The molecule has 0 bridgehead atoms. The third-order valence-electron chi connectivity index (χ3n) is 5.12. The van der Waals surface area contributed by atoms with Crippen molar-refractivity contribution in [3.05, 3.63) is 46.0 Å². The molecule has 6 heteroatoms. The molecule has 0 aliphatic carbocycles. The van der Waals surface area contributed by atoms with Crippen molar-refractivity contribution in [3.63, 3.8) is 0 Å². The summed E-state index contributed by atoms with van der Waals surface area (Å²) in [5.41, 5.74) is 0.490. The van der Waals surface area contributed by atoms with Gasteiger partial charge >= 0.3 is 5.97 Å². The second-order valence-electron chi connectivity index (χ2n) is 7.94. The Labute approximate surface area is 186 Å². The van der Waals surface area contributed by atoms with Gasteiger partial charge in [-0.2, -0.15) is 0 Å². The summed E-state index contributed by atoms with van der Waals surface area (Å²) >= 11 is 0. The van der Waals surface area contributed by atoms with Crippen molar-refractivity contribution in [1.82, 2.24) is 0 Å². The minimum absolute atomic E-state index is 0.0450. The second-order valence-corrected chi connectivity index (χ2v) is 7.94. The van der Waals surface area contributed by atoms with Crippen LogP contribution in [0.1, 0.15) is 96.0 Å². The van der Waals surface area contributed by atoms with Gasteiger partial charge in [-0.15, -0.1) is 0 Å². The van der Waals surface area contributed by atoms with Crippen LogP contribution in [0.5, 0.6) is 0 Å². The van der Waals surface area contributed by atoms with Crippen LogP contribution in [0.2, 0.25) is 0 Å². The average molecular weight is 432 g/mol. The van der Waals surface area contributed by atoms with Crippen molar-refractivity contribution < 1.29 is 19.2 Å². The maximum Gasteiger partial charge on any atom is 0.313 e. The van der Waals surface area contributed by atoms with E-state index in [0.29, 0.717) is 12.2 Å². The molecule has 0 fully saturated rings. The highest BCUT2D eigenvalue weighted by molar-refractivity contribution is 6.03. The quantitative estimate of drug-likeness (QED) is 0.0636. The number of hydrogen-bond donors (Lipinski definition) is 0. The van der Waals surface area contributed by atoms with Gasteiger partial charge in [0, 0.05) is 12.1 Å². The number of benzene rings is 1. The number of nitro groups is 1. The molecule has 0 aliphatic rings. The summed E-state index contributed by atoms with van der Waals surface area (Å²) in [4.78, 5) is 33.9. The number of non-ortho nitro benzene ring substituents is 1. The summed E-state index contributed by atoms with van der Waals surface area (Å²) < 4.78 is 5.12. The van der Waals surface area contributed by atoms with Gasteiger partial charge in [0.25, 0.3) is 5.69 Å². The number of carbonyl (C=O) groups excluding carboxylic acids is 2. The molecule has 0 amide bonds. The van der Waals surface area contributed by atoms with Crippen LogP contribution in [0.3, 0.4) is 0 Å². The van der Waals surface area contributed by atoms with E-state index >= 15 is 0 Å². The molecule has 0 radical (unpaired) electrons. The van der Waals surface area contributed by atoms with Crippen LogP contribution >= 0.6 is 0 Å². The van der Waals surface area contributed by atoms with E-state index in [1.807, 2.05) is 0 Å². The highest BCUT2D eigenvalue weighted by Crippen LogP contribution is 2.14. The van der Waals surface area contributed by atoms with Gasteiger partial charge in [-0.25, -0.2) is 0 Å². The van der Waals surface area contributed by atoms with Gasteiger partial charge in [0.2, 0.25) is 0 Å². The van der Waals surface area contributed by atoms with E-state index in [-0.39, 0.29) is 17.9 Å². The zero-order chi connectivity index (χ0) is 22.7. The summed E-state index contributed by atoms with van der Waals surface area (Å²) in [6.45, 7) is 2.58. The molecule has 1 aromatic carbocycles. The highest BCUT2D eigenvalue weighted by atomic mass is 16.6. The predicted octanol–water partition coefficient (Wildman–Crippen LogP) is 6.81. The Morgan fingerprint density at radius 1 is 0.935 bits per heavy atom. The fourth-order valence-corrected chi connectivity index (χ4v) is 3.31. The number of esters is 1. The van der Waals surface area contributed by atoms with Gasteiger partial charge in [0.1, 0.15) is 6.42 Å². The fourth-order valence-electron chi connectivity index (χ4n) is 3.31. The predicted molar refractivity (Wildman–Crippen MR) is 124 cm³/mol. The normalized spacial score (nSPS) is 11.0. The molecule has 0 N–H and O–H groups in total. The number of ketones is 1. The number of nitro benzene ring substituents is 1. The first-order chi connectivity index (χ1) is 15.0. The molecule has 0 unspecified atom stereocenters. The largest absolute Gasteiger partial charge is 0.465 e. The number of carbonyl (C=O) groups is 2. The van der Waals surface area contributed by atoms with Crippen molar-refractivity contribution in [1.29, 1.82) is 0 Å². The van der Waals surface area contributed by atoms with E-state index in [0.717, 1.165) is 19.3 Å². The second kappa shape index (κ2) is 17.2. The van der Waals surface area contributed by atoms with Gasteiger partial charge in [0.15, 0.2) is 5.78 Å². The standard InChI is InChI=1S/C25H37NO5/c1-2-3-4-5-6-7-8-9-10-11-12-13-19-31-25(28)21-24(27)18-17-22-15-14-16-23(20-22)26(29)30/h14-18,20H,2-13,19,21H2,1H3. The van der Waals surface area contributed by atoms with E-state index < -0.39 is 10.9 Å². The number of allylic oxidation sites excluding steroid dienone is 1. The first-order valence-electron chi connectivity index (χ1n) is 11.6. The lowest BCUT2D eigenvalue weighted by Gasteiger charge is -2.04. The van der Waals surface area contributed by atoms with Gasteiger partial charge in [0.05, 0.1) is 11.5 Å². The lowest BCUT2D eigenvalue weighted by molar-refractivity contribution is -0.384. The van der Waals surface area contributed by atoms with Gasteiger partial charge in [-0.1, -0.05) is 95.8 Å². The summed E-state index contributed by atoms with van der Waals surface area (Å²) in [5, 5.41) is 10.8. The lowest BCUT2D eigenvalue weighted by atomic mass is 10.1. The minimum Gasteiger partial charge on any atom is -0.465 e. The van der Waals surface area contributed by atoms with Crippen LogP contribution in [-0.4, -0.2) is 23.3 Å². The van der Waals surface area contributed by atoms with E-state index in [4.69, 9.17) is 4.74 Å². The lowest BCUT2D eigenvalue weighted by Crippen LogP contribution is -2.10. The first-order valence-corrected chi connectivity index (χ1v) is 11.6. The molecule has 0 saturated carbocycles. The summed E-state index contributed by atoms with van der Waals surface area (Å²) in [5.74, 6) is -0.914. The van der Waals surface area contributed by atoms with Crippen molar-refractivity contribution in [2.45, 2.75) is 90.4 Å². The zero-order valence-electron chi connectivity index (χ0n) is 18.9. The average Bonchev–Trinajstić information content (AvgIpc) is 2.75. The number of rotatable bonds is 18. The zero-order valence-corrected chi connectivity index (χ0v) is 18.9. The number of unbranched alkanes of at least 4 members (excludes halogenated alkanes) is 11. The molecule has 0 saturated heterocycles. The van der Waals surface area contributed by atoms with Crippen LogP contribution in [0.15, 0.2) is 30.3 Å². The Balaban J connectivity index is 2.03. The Morgan fingerprint density at radius 2 is 1.52 bits per heavy atom. The van der Waals surface area contributed by atoms with Gasteiger partial charge in [-0.3, -0.25) is 19.7 Å². The number of hydrogen-bond acceptors (Lipinski definition) is 5. The van der Waals surface area contributed by atoms with Gasteiger partial charge < -0.3 is 4.74 Å². The Kier molecular flexibility index (Phi) is 14.7. The first kappa shape index (κ1) is 26.5.